The highest BCUT2D eigenvalue weighted by Crippen LogP contribution is 2.36. The highest BCUT2D eigenvalue weighted by molar-refractivity contribution is 6.31. The SMILES string of the molecule is CC(=O)CCCCNC(C)(c1cc(Cl)ccc1C)c1ccccc1Cl. The molecule has 0 aliphatic rings. The van der Waals surface area contributed by atoms with Gasteiger partial charge in [-0.05, 0) is 75.0 Å². The molecule has 0 spiro atoms. The molecular weight excluding hydrogens is 353 g/mol. The molecule has 134 valence electrons. The predicted molar refractivity (Wildman–Crippen MR) is 107 cm³/mol. The molecule has 2 aromatic rings. The van der Waals surface area contributed by atoms with Crippen molar-refractivity contribution in [2.24, 2.45) is 0 Å². The van der Waals surface area contributed by atoms with Gasteiger partial charge in [-0.3, -0.25) is 0 Å². The van der Waals surface area contributed by atoms with E-state index in [1.54, 1.807) is 6.92 Å². The molecule has 1 atom stereocenters. The first-order valence-electron chi connectivity index (χ1n) is 8.60. The van der Waals surface area contributed by atoms with Crippen LogP contribution >= 0.6 is 23.2 Å². The van der Waals surface area contributed by atoms with Gasteiger partial charge in [0.15, 0.2) is 0 Å². The normalized spacial score (nSPS) is 13.5. The highest BCUT2D eigenvalue weighted by atomic mass is 35.5. The Morgan fingerprint density at radius 3 is 2.48 bits per heavy atom. The van der Waals surface area contributed by atoms with Crippen LogP contribution in [0.25, 0.3) is 0 Å². The predicted octanol–water partition coefficient (Wildman–Crippen LogP) is 5.91. The largest absolute Gasteiger partial charge is 0.304 e. The van der Waals surface area contributed by atoms with Gasteiger partial charge in [-0.1, -0.05) is 47.5 Å². The molecule has 0 saturated heterocycles. The van der Waals surface area contributed by atoms with Crippen LogP contribution in [0.4, 0.5) is 0 Å². The van der Waals surface area contributed by atoms with Crippen molar-refractivity contribution in [1.82, 2.24) is 5.32 Å². The zero-order chi connectivity index (χ0) is 18.4. The summed E-state index contributed by atoms with van der Waals surface area (Å²) in [5.74, 6) is 0.236. The van der Waals surface area contributed by atoms with E-state index in [1.165, 1.54) is 0 Å². The molecule has 1 N–H and O–H groups in total. The zero-order valence-corrected chi connectivity index (χ0v) is 16.5. The Hall–Kier alpha value is -1.35. The molecule has 2 nitrogen and oxygen atoms in total. The molecule has 0 heterocycles. The van der Waals surface area contributed by atoms with E-state index in [0.29, 0.717) is 11.4 Å². The standard InChI is InChI=1S/C21H25Cl2NO/c1-15-11-12-17(22)14-19(15)21(3,18-9-4-5-10-20(18)23)24-13-7-6-8-16(2)25/h4-5,9-12,14,24H,6-8,13H2,1-3H3. The van der Waals surface area contributed by atoms with Gasteiger partial charge in [0.2, 0.25) is 0 Å². The lowest BCUT2D eigenvalue weighted by molar-refractivity contribution is -0.117. The third-order valence-electron chi connectivity index (χ3n) is 4.58. The van der Waals surface area contributed by atoms with E-state index in [9.17, 15) is 4.79 Å². The van der Waals surface area contributed by atoms with Crippen molar-refractivity contribution >= 4 is 29.0 Å². The van der Waals surface area contributed by atoms with Crippen LogP contribution in [0.3, 0.4) is 0 Å². The van der Waals surface area contributed by atoms with Gasteiger partial charge in [0.1, 0.15) is 5.78 Å². The average molecular weight is 378 g/mol. The van der Waals surface area contributed by atoms with Gasteiger partial charge in [-0.25, -0.2) is 0 Å². The van der Waals surface area contributed by atoms with Crippen molar-refractivity contribution in [3.63, 3.8) is 0 Å². The van der Waals surface area contributed by atoms with Crippen molar-refractivity contribution in [3.8, 4) is 0 Å². The summed E-state index contributed by atoms with van der Waals surface area (Å²) in [6.07, 6.45) is 2.44. The Morgan fingerprint density at radius 1 is 1.08 bits per heavy atom. The number of Topliss-reactive ketones (excluding diaryl/α,β-unsaturated/α-hetero) is 1. The van der Waals surface area contributed by atoms with Gasteiger partial charge in [-0.15, -0.1) is 0 Å². The van der Waals surface area contributed by atoms with Gasteiger partial charge in [0.25, 0.3) is 0 Å². The van der Waals surface area contributed by atoms with Crippen LogP contribution in [-0.4, -0.2) is 12.3 Å². The van der Waals surface area contributed by atoms with Crippen LogP contribution in [0.2, 0.25) is 10.0 Å². The van der Waals surface area contributed by atoms with Crippen molar-refractivity contribution < 1.29 is 4.79 Å². The van der Waals surface area contributed by atoms with Gasteiger partial charge < -0.3 is 10.1 Å². The summed E-state index contributed by atoms with van der Waals surface area (Å²) in [6, 6.07) is 13.8. The molecular formula is C21H25Cl2NO. The summed E-state index contributed by atoms with van der Waals surface area (Å²) < 4.78 is 0. The second-order valence-electron chi connectivity index (χ2n) is 6.65. The Balaban J connectivity index is 2.33. The van der Waals surface area contributed by atoms with Crippen molar-refractivity contribution in [1.29, 1.82) is 0 Å². The van der Waals surface area contributed by atoms with E-state index >= 15 is 0 Å². The third kappa shape index (κ3) is 5.07. The Labute approximate surface area is 160 Å². The molecule has 25 heavy (non-hydrogen) atoms. The van der Waals surface area contributed by atoms with Crippen LogP contribution in [0.1, 0.15) is 49.8 Å². The van der Waals surface area contributed by atoms with Crippen LogP contribution in [0.15, 0.2) is 42.5 Å². The first-order chi connectivity index (χ1) is 11.8. The van der Waals surface area contributed by atoms with E-state index < -0.39 is 5.54 Å². The molecule has 0 aliphatic carbocycles. The molecule has 0 bridgehead atoms. The number of nitrogens with one attached hydrogen (secondary N) is 1. The molecule has 1 unspecified atom stereocenters. The van der Waals surface area contributed by atoms with Gasteiger partial charge in [-0.2, -0.15) is 0 Å². The topological polar surface area (TPSA) is 29.1 Å². The summed E-state index contributed by atoms with van der Waals surface area (Å²) in [7, 11) is 0. The third-order valence-corrected chi connectivity index (χ3v) is 5.15. The number of aryl methyl sites for hydroxylation is 1. The van der Waals surface area contributed by atoms with Crippen LogP contribution in [-0.2, 0) is 10.3 Å². The summed E-state index contributed by atoms with van der Waals surface area (Å²) in [5, 5.41) is 5.09. The maximum absolute atomic E-state index is 11.1. The summed E-state index contributed by atoms with van der Waals surface area (Å²) >= 11 is 12.8. The van der Waals surface area contributed by atoms with Crippen molar-refractivity contribution in [2.45, 2.75) is 45.6 Å². The van der Waals surface area contributed by atoms with E-state index in [2.05, 4.69) is 19.2 Å². The lowest BCUT2D eigenvalue weighted by Crippen LogP contribution is -2.42. The summed E-state index contributed by atoms with van der Waals surface area (Å²) in [6.45, 7) is 6.65. The van der Waals surface area contributed by atoms with Gasteiger partial charge >= 0.3 is 0 Å². The molecule has 0 amide bonds. The Kier molecular flexibility index (Phi) is 7.06. The van der Waals surface area contributed by atoms with Crippen LogP contribution in [0.5, 0.6) is 0 Å². The van der Waals surface area contributed by atoms with E-state index in [4.69, 9.17) is 23.2 Å². The van der Waals surface area contributed by atoms with Gasteiger partial charge in [0.05, 0.1) is 5.54 Å². The Morgan fingerprint density at radius 2 is 1.80 bits per heavy atom. The quantitative estimate of drug-likeness (QED) is 0.578. The number of benzene rings is 2. The Bertz CT molecular complexity index is 744. The van der Waals surface area contributed by atoms with E-state index in [-0.39, 0.29) is 5.78 Å². The fourth-order valence-electron chi connectivity index (χ4n) is 3.17. The van der Waals surface area contributed by atoms with Crippen molar-refractivity contribution in [3.05, 3.63) is 69.2 Å². The first-order valence-corrected chi connectivity index (χ1v) is 9.36. The summed E-state index contributed by atoms with van der Waals surface area (Å²) in [5.41, 5.74) is 2.83. The minimum Gasteiger partial charge on any atom is -0.304 e. The fourth-order valence-corrected chi connectivity index (χ4v) is 3.67. The smallest absolute Gasteiger partial charge is 0.129 e. The minimum atomic E-state index is -0.455. The van der Waals surface area contributed by atoms with Crippen LogP contribution in [0, 0.1) is 6.92 Å². The first kappa shape index (κ1) is 20.0. The number of unbranched alkanes of at least 4 members (excludes halogenated alkanes) is 1. The monoisotopic (exact) mass is 377 g/mol. The number of ketones is 1. The van der Waals surface area contributed by atoms with Crippen LogP contribution < -0.4 is 5.32 Å². The maximum Gasteiger partial charge on any atom is 0.129 e. The molecule has 2 aromatic carbocycles. The molecule has 4 heteroatoms. The van der Waals surface area contributed by atoms with Crippen molar-refractivity contribution in [2.75, 3.05) is 6.54 Å². The molecule has 0 radical (unpaired) electrons. The molecule has 0 aliphatic heterocycles. The molecule has 0 fully saturated rings. The maximum atomic E-state index is 11.1. The highest BCUT2D eigenvalue weighted by Gasteiger charge is 2.31. The average Bonchev–Trinajstić information content (AvgIpc) is 2.56. The number of carbonyl (C=O) groups excluding carboxylic acids is 1. The van der Waals surface area contributed by atoms with E-state index in [1.807, 2.05) is 42.5 Å². The molecule has 2 rings (SSSR count). The lowest BCUT2D eigenvalue weighted by atomic mass is 9.82. The number of rotatable bonds is 8. The lowest BCUT2D eigenvalue weighted by Gasteiger charge is -2.34. The van der Waals surface area contributed by atoms with Gasteiger partial charge in [0, 0.05) is 16.5 Å². The number of hydrogen-bond acceptors (Lipinski definition) is 2. The number of halogens is 2. The molecule has 0 aromatic heterocycles. The number of hydrogen-bond donors (Lipinski definition) is 1. The number of carbonyl (C=O) groups is 1. The summed E-state index contributed by atoms with van der Waals surface area (Å²) in [4.78, 5) is 11.1. The minimum absolute atomic E-state index is 0.236. The second kappa shape index (κ2) is 8.84. The zero-order valence-electron chi connectivity index (χ0n) is 15.0. The second-order valence-corrected chi connectivity index (χ2v) is 7.49. The fraction of sp³-hybridized carbons (Fsp3) is 0.381. The molecule has 0 saturated carbocycles. The van der Waals surface area contributed by atoms with E-state index in [0.717, 1.165) is 41.1 Å².